The van der Waals surface area contributed by atoms with Gasteiger partial charge in [-0.3, -0.25) is 14.5 Å². The number of urea groups is 1. The zero-order chi connectivity index (χ0) is 19.7. The van der Waals surface area contributed by atoms with Gasteiger partial charge in [0.25, 0.3) is 5.91 Å². The monoisotopic (exact) mass is 379 g/mol. The number of amides is 4. The summed E-state index contributed by atoms with van der Waals surface area (Å²) in [6, 6.07) is 13.1. The minimum atomic E-state index is -1.19. The summed E-state index contributed by atoms with van der Waals surface area (Å²) in [4.78, 5) is 39.2. The van der Waals surface area contributed by atoms with Gasteiger partial charge in [0.1, 0.15) is 12.1 Å². The van der Waals surface area contributed by atoms with Crippen molar-refractivity contribution in [3.8, 4) is 0 Å². The van der Waals surface area contributed by atoms with Crippen LogP contribution in [-0.4, -0.2) is 35.3 Å². The molecule has 1 aliphatic carbocycles. The lowest BCUT2D eigenvalue weighted by Gasteiger charge is -2.25. The highest BCUT2D eigenvalue weighted by Gasteiger charge is 2.50. The van der Waals surface area contributed by atoms with Crippen LogP contribution in [0.4, 0.5) is 4.79 Å². The van der Waals surface area contributed by atoms with Crippen LogP contribution >= 0.6 is 0 Å². The Labute approximate surface area is 164 Å². The van der Waals surface area contributed by atoms with Gasteiger partial charge in [0.2, 0.25) is 5.91 Å². The van der Waals surface area contributed by atoms with Crippen LogP contribution in [-0.2, 0) is 15.1 Å². The molecule has 1 saturated heterocycles. The average molecular weight is 379 g/mol. The van der Waals surface area contributed by atoms with Crippen LogP contribution in [0.15, 0.2) is 42.5 Å². The van der Waals surface area contributed by atoms with Crippen LogP contribution in [0.5, 0.6) is 0 Å². The largest absolute Gasteiger partial charge is 0.352 e. The number of hydrogen-bond donors (Lipinski definition) is 2. The lowest BCUT2D eigenvalue weighted by molar-refractivity contribution is -0.135. The van der Waals surface area contributed by atoms with Gasteiger partial charge >= 0.3 is 6.03 Å². The van der Waals surface area contributed by atoms with E-state index in [-0.39, 0.29) is 18.5 Å². The summed E-state index contributed by atoms with van der Waals surface area (Å²) in [5, 5.41) is 7.68. The van der Waals surface area contributed by atoms with Crippen molar-refractivity contribution in [2.24, 2.45) is 0 Å². The first-order valence-corrected chi connectivity index (χ1v) is 9.91. The van der Waals surface area contributed by atoms with Gasteiger partial charge in [-0.1, -0.05) is 61.7 Å². The average Bonchev–Trinajstić information content (AvgIpc) is 2.92. The summed E-state index contributed by atoms with van der Waals surface area (Å²) >= 11 is 0. The Morgan fingerprint density at radius 2 is 1.82 bits per heavy atom. The maximum atomic E-state index is 13.2. The van der Waals surface area contributed by atoms with Crippen LogP contribution in [0.3, 0.4) is 0 Å². The van der Waals surface area contributed by atoms with E-state index < -0.39 is 17.5 Å². The van der Waals surface area contributed by atoms with Gasteiger partial charge in [-0.2, -0.15) is 0 Å². The van der Waals surface area contributed by atoms with Crippen molar-refractivity contribution in [1.82, 2.24) is 15.5 Å². The van der Waals surface area contributed by atoms with Gasteiger partial charge in [-0.05, 0) is 36.1 Å². The van der Waals surface area contributed by atoms with Crippen molar-refractivity contribution < 1.29 is 14.4 Å². The van der Waals surface area contributed by atoms with Gasteiger partial charge in [-0.15, -0.1) is 0 Å². The zero-order valence-electron chi connectivity index (χ0n) is 16.0. The molecule has 6 nitrogen and oxygen atoms in total. The Hall–Kier alpha value is -2.89. The number of nitrogens with one attached hydrogen (secondary N) is 2. The van der Waals surface area contributed by atoms with E-state index in [1.165, 1.54) is 6.42 Å². The first-order chi connectivity index (χ1) is 13.5. The Bertz CT molecular complexity index is 930. The van der Waals surface area contributed by atoms with Crippen molar-refractivity contribution in [1.29, 1.82) is 0 Å². The number of benzene rings is 2. The van der Waals surface area contributed by atoms with E-state index >= 15 is 0 Å². The van der Waals surface area contributed by atoms with E-state index in [9.17, 15) is 14.4 Å². The lowest BCUT2D eigenvalue weighted by Crippen LogP contribution is -2.46. The SMILES string of the molecule is C[C@@]1(c2cccc3ccccc23)NC(=O)N(CC(=O)NC2CCCCC2)C1=O. The summed E-state index contributed by atoms with van der Waals surface area (Å²) in [5.74, 6) is -0.676. The molecule has 2 aromatic carbocycles. The van der Waals surface area contributed by atoms with Crippen LogP contribution < -0.4 is 10.6 Å². The second-order valence-electron chi connectivity index (χ2n) is 7.88. The van der Waals surface area contributed by atoms with Gasteiger partial charge in [0.05, 0.1) is 0 Å². The fourth-order valence-corrected chi connectivity index (χ4v) is 4.35. The fourth-order valence-electron chi connectivity index (χ4n) is 4.35. The minimum Gasteiger partial charge on any atom is -0.352 e. The number of carbonyl (C=O) groups excluding carboxylic acids is 3. The Morgan fingerprint density at radius 1 is 1.11 bits per heavy atom. The molecule has 4 rings (SSSR count). The molecule has 0 unspecified atom stereocenters. The van der Waals surface area contributed by atoms with Gasteiger partial charge in [0.15, 0.2) is 0 Å². The van der Waals surface area contributed by atoms with E-state index in [1.54, 1.807) is 6.92 Å². The normalized spacial score (nSPS) is 23.1. The van der Waals surface area contributed by atoms with Crippen molar-refractivity contribution in [3.05, 3.63) is 48.0 Å². The lowest BCUT2D eigenvalue weighted by atomic mass is 9.88. The van der Waals surface area contributed by atoms with Gasteiger partial charge in [-0.25, -0.2) is 4.79 Å². The molecule has 6 heteroatoms. The Balaban J connectivity index is 1.55. The molecule has 1 atom stereocenters. The zero-order valence-corrected chi connectivity index (χ0v) is 16.0. The molecule has 4 amide bonds. The first kappa shape index (κ1) is 18.5. The topological polar surface area (TPSA) is 78.5 Å². The quantitative estimate of drug-likeness (QED) is 0.802. The highest BCUT2D eigenvalue weighted by Crippen LogP contribution is 2.33. The van der Waals surface area contributed by atoms with Crippen LogP contribution in [0.2, 0.25) is 0 Å². The number of imide groups is 1. The van der Waals surface area contributed by atoms with Crippen LogP contribution in [0.25, 0.3) is 10.8 Å². The second kappa shape index (κ2) is 7.26. The molecular weight excluding hydrogens is 354 g/mol. The smallest absolute Gasteiger partial charge is 0.325 e. The maximum Gasteiger partial charge on any atom is 0.325 e. The molecule has 2 fully saturated rings. The molecule has 0 spiro atoms. The van der Waals surface area contributed by atoms with E-state index in [0.717, 1.165) is 46.9 Å². The van der Waals surface area contributed by atoms with Crippen molar-refractivity contribution in [2.75, 3.05) is 6.54 Å². The standard InChI is InChI=1S/C22H25N3O3/c1-22(18-13-7-9-15-8-5-6-12-17(15)18)20(27)25(21(28)24-22)14-19(26)23-16-10-3-2-4-11-16/h5-9,12-13,16H,2-4,10-11,14H2,1H3,(H,23,26)(H,24,28)/t22-/m0/s1. The van der Waals surface area contributed by atoms with Crippen molar-refractivity contribution >= 4 is 28.6 Å². The third-order valence-corrected chi connectivity index (χ3v) is 5.88. The van der Waals surface area contributed by atoms with Crippen molar-refractivity contribution in [3.63, 3.8) is 0 Å². The van der Waals surface area contributed by atoms with E-state index in [2.05, 4.69) is 10.6 Å². The number of nitrogens with zero attached hydrogens (tertiary/aromatic N) is 1. The molecular formula is C22H25N3O3. The summed E-state index contributed by atoms with van der Waals surface area (Å²) in [7, 11) is 0. The molecule has 2 aromatic rings. The predicted molar refractivity (Wildman–Crippen MR) is 107 cm³/mol. The van der Waals surface area contributed by atoms with Gasteiger partial charge < -0.3 is 10.6 Å². The summed E-state index contributed by atoms with van der Waals surface area (Å²) < 4.78 is 0. The van der Waals surface area contributed by atoms with Crippen LogP contribution in [0.1, 0.15) is 44.6 Å². The molecule has 1 heterocycles. The molecule has 146 valence electrons. The molecule has 28 heavy (non-hydrogen) atoms. The summed E-state index contributed by atoms with van der Waals surface area (Å²) in [6.45, 7) is 1.45. The number of hydrogen-bond acceptors (Lipinski definition) is 3. The van der Waals surface area contributed by atoms with E-state index in [0.29, 0.717) is 0 Å². The summed E-state index contributed by atoms with van der Waals surface area (Å²) in [5.41, 5.74) is -0.456. The molecule has 0 radical (unpaired) electrons. The number of fused-ring (bicyclic) bond motifs is 1. The molecule has 0 bridgehead atoms. The minimum absolute atomic E-state index is 0.145. The maximum absolute atomic E-state index is 13.2. The highest BCUT2D eigenvalue weighted by molar-refractivity contribution is 6.10. The molecule has 1 saturated carbocycles. The molecule has 2 aliphatic rings. The fraction of sp³-hybridized carbons (Fsp3) is 0.409. The predicted octanol–water partition coefficient (Wildman–Crippen LogP) is 3.06. The second-order valence-corrected chi connectivity index (χ2v) is 7.88. The molecule has 0 aromatic heterocycles. The van der Waals surface area contributed by atoms with Crippen LogP contribution in [0, 0.1) is 0 Å². The Morgan fingerprint density at radius 3 is 2.61 bits per heavy atom. The first-order valence-electron chi connectivity index (χ1n) is 9.91. The third kappa shape index (κ3) is 3.23. The number of carbonyl (C=O) groups is 3. The molecule has 2 N–H and O–H groups in total. The number of rotatable bonds is 4. The Kier molecular flexibility index (Phi) is 4.79. The highest BCUT2D eigenvalue weighted by atomic mass is 16.2. The van der Waals surface area contributed by atoms with Gasteiger partial charge in [0, 0.05) is 6.04 Å². The van der Waals surface area contributed by atoms with E-state index in [4.69, 9.17) is 0 Å². The van der Waals surface area contributed by atoms with Crippen molar-refractivity contribution in [2.45, 2.75) is 50.6 Å². The third-order valence-electron chi connectivity index (χ3n) is 5.88. The van der Waals surface area contributed by atoms with E-state index in [1.807, 2.05) is 42.5 Å². The molecule has 1 aliphatic heterocycles. The summed E-state index contributed by atoms with van der Waals surface area (Å²) in [6.07, 6.45) is 5.32.